The van der Waals surface area contributed by atoms with Crippen LogP contribution in [0.5, 0.6) is 0 Å². The van der Waals surface area contributed by atoms with E-state index in [1.165, 1.54) is 0 Å². The molecule has 0 saturated heterocycles. The van der Waals surface area contributed by atoms with Crippen molar-refractivity contribution >= 4 is 59.4 Å². The smallest absolute Gasteiger partial charge is 0.263 e. The van der Waals surface area contributed by atoms with Crippen molar-refractivity contribution in [2.24, 2.45) is 0 Å². The molecule has 0 heterocycles. The minimum Gasteiger partial charge on any atom is -0.323 e. The van der Waals surface area contributed by atoms with Gasteiger partial charge < -0.3 is 5.32 Å². The van der Waals surface area contributed by atoms with Gasteiger partial charge in [0.1, 0.15) is 0 Å². The maximum absolute atomic E-state index is 11.7. The van der Waals surface area contributed by atoms with Gasteiger partial charge in [-0.25, -0.2) is 0 Å². The average Bonchev–Trinajstić information content (AvgIpc) is 2.09. The predicted molar refractivity (Wildman–Crippen MR) is 74.1 cm³/mol. The number of rotatable bonds is 1. The first-order valence-corrected chi connectivity index (χ1v) is 6.64. The number of carbonyl (C=O) groups excluding carboxylic acids is 1. The second-order valence-corrected chi connectivity index (χ2v) is 9.98. The summed E-state index contributed by atoms with van der Waals surface area (Å²) in [4.78, 5) is 11.7. The number of nitrogens with one attached hydrogen (secondary N) is 1. The van der Waals surface area contributed by atoms with Gasteiger partial charge in [0.15, 0.2) is 0 Å². The fourth-order valence-corrected chi connectivity index (χ4v) is 1.49. The molecule has 1 aromatic rings. The van der Waals surface area contributed by atoms with Gasteiger partial charge in [0.2, 0.25) is 2.14 Å². The minimum absolute atomic E-state index is 0.195. The third kappa shape index (κ3) is 3.57. The highest BCUT2D eigenvalue weighted by Crippen LogP contribution is 2.35. The number of aryl methyl sites for hydroxylation is 2. The van der Waals surface area contributed by atoms with E-state index in [4.69, 9.17) is 0 Å². The topological polar surface area (TPSA) is 29.1 Å². The summed E-state index contributed by atoms with van der Waals surface area (Å²) in [6.07, 6.45) is 0. The molecular weight excluding hydrogens is 390 g/mol. The molecule has 1 rings (SSSR count). The number of benzene rings is 1. The molecule has 0 aromatic heterocycles. The molecule has 0 bridgehead atoms. The highest BCUT2D eigenvalue weighted by molar-refractivity contribution is 9.40. The molecule has 0 aliphatic carbocycles. The zero-order valence-corrected chi connectivity index (χ0v) is 13.0. The van der Waals surface area contributed by atoms with Crippen LogP contribution in [-0.4, -0.2) is 8.05 Å². The van der Waals surface area contributed by atoms with E-state index in [1.54, 1.807) is 0 Å². The van der Waals surface area contributed by atoms with Crippen LogP contribution in [0, 0.1) is 13.8 Å². The van der Waals surface area contributed by atoms with Gasteiger partial charge in [-0.3, -0.25) is 4.79 Å². The fraction of sp³-hybridized carbons (Fsp3) is 0.300. The summed E-state index contributed by atoms with van der Waals surface area (Å²) in [6.45, 7) is 3.92. The second-order valence-electron chi connectivity index (χ2n) is 3.22. The Labute approximate surface area is 114 Å². The zero-order chi connectivity index (χ0) is 11.6. The summed E-state index contributed by atoms with van der Waals surface area (Å²) in [5.41, 5.74) is 2.94. The molecule has 0 fully saturated rings. The minimum atomic E-state index is -0.915. The van der Waals surface area contributed by atoms with E-state index < -0.39 is 2.14 Å². The van der Waals surface area contributed by atoms with E-state index in [9.17, 15) is 4.79 Å². The van der Waals surface area contributed by atoms with Crippen LogP contribution in [0.4, 0.5) is 5.69 Å². The Kier molecular flexibility index (Phi) is 4.38. The summed E-state index contributed by atoms with van der Waals surface area (Å²) in [7, 11) is 0. The monoisotopic (exact) mass is 397 g/mol. The SMILES string of the molecule is Cc1cccc(C)c1NC(=O)C(Br)(Br)Br. The van der Waals surface area contributed by atoms with Gasteiger partial charge in [-0.1, -0.05) is 18.2 Å². The van der Waals surface area contributed by atoms with Crippen LogP contribution in [0.3, 0.4) is 0 Å². The van der Waals surface area contributed by atoms with E-state index in [0.29, 0.717) is 0 Å². The Morgan fingerprint density at radius 2 is 1.67 bits per heavy atom. The van der Waals surface area contributed by atoms with Crippen LogP contribution < -0.4 is 5.32 Å². The number of alkyl halides is 3. The Hall–Kier alpha value is 0.130. The predicted octanol–water partition coefficient (Wildman–Crippen LogP) is 4.08. The zero-order valence-electron chi connectivity index (χ0n) is 8.27. The highest BCUT2D eigenvalue weighted by Gasteiger charge is 2.29. The third-order valence-electron chi connectivity index (χ3n) is 1.98. The van der Waals surface area contributed by atoms with Gasteiger partial charge in [-0.2, -0.15) is 0 Å². The second kappa shape index (κ2) is 4.97. The summed E-state index contributed by atoms with van der Waals surface area (Å²) in [5, 5.41) is 2.84. The number of carbonyl (C=O) groups is 1. The van der Waals surface area contributed by atoms with Crippen LogP contribution in [-0.2, 0) is 4.79 Å². The molecule has 0 spiro atoms. The Morgan fingerprint density at radius 3 is 2.07 bits per heavy atom. The summed E-state index contributed by atoms with van der Waals surface area (Å²) in [5.74, 6) is -0.195. The van der Waals surface area contributed by atoms with Crippen LogP contribution in [0.2, 0.25) is 0 Å². The van der Waals surface area contributed by atoms with Gasteiger partial charge in [-0.15, -0.1) is 0 Å². The molecule has 1 aromatic carbocycles. The van der Waals surface area contributed by atoms with Gasteiger partial charge >= 0.3 is 0 Å². The van der Waals surface area contributed by atoms with Crippen molar-refractivity contribution in [2.45, 2.75) is 16.0 Å². The van der Waals surface area contributed by atoms with Crippen molar-refractivity contribution < 1.29 is 4.79 Å². The number of halogens is 3. The van der Waals surface area contributed by atoms with Gasteiger partial charge in [0.05, 0.1) is 0 Å². The summed E-state index contributed by atoms with van der Waals surface area (Å²) < 4.78 is -0.915. The number of amides is 1. The highest BCUT2D eigenvalue weighted by atomic mass is 80.0. The molecule has 0 unspecified atom stereocenters. The maximum Gasteiger partial charge on any atom is 0.263 e. The average molecular weight is 400 g/mol. The van der Waals surface area contributed by atoms with E-state index in [1.807, 2.05) is 32.0 Å². The van der Waals surface area contributed by atoms with Crippen molar-refractivity contribution in [3.05, 3.63) is 29.3 Å². The van der Waals surface area contributed by atoms with Crippen molar-refractivity contribution in [3.63, 3.8) is 0 Å². The van der Waals surface area contributed by atoms with Crippen molar-refractivity contribution in [2.75, 3.05) is 5.32 Å². The molecule has 5 heteroatoms. The Bertz CT molecular complexity index is 364. The first-order valence-electron chi connectivity index (χ1n) is 4.27. The van der Waals surface area contributed by atoms with E-state index in [-0.39, 0.29) is 5.91 Å². The van der Waals surface area contributed by atoms with E-state index in [2.05, 4.69) is 53.1 Å². The molecule has 1 amide bonds. The lowest BCUT2D eigenvalue weighted by molar-refractivity contribution is -0.114. The lowest BCUT2D eigenvalue weighted by atomic mass is 10.1. The molecule has 2 nitrogen and oxygen atoms in total. The van der Waals surface area contributed by atoms with Gasteiger partial charge in [-0.05, 0) is 72.8 Å². The molecule has 0 aliphatic rings. The molecule has 82 valence electrons. The number of hydrogen-bond donors (Lipinski definition) is 1. The Balaban J connectivity index is 2.95. The molecule has 0 radical (unpaired) electrons. The standard InChI is InChI=1S/C10H10Br3NO/c1-6-4-3-5-7(2)8(6)14-9(15)10(11,12)13/h3-5H,1-2H3,(H,14,15). The summed E-state index contributed by atoms with van der Waals surface area (Å²) in [6, 6.07) is 5.88. The third-order valence-corrected chi connectivity index (χ3v) is 3.06. The lowest BCUT2D eigenvalue weighted by Gasteiger charge is -2.15. The lowest BCUT2D eigenvalue weighted by Crippen LogP contribution is -2.26. The molecule has 1 N–H and O–H groups in total. The van der Waals surface area contributed by atoms with Gasteiger partial charge in [0.25, 0.3) is 5.91 Å². The van der Waals surface area contributed by atoms with Crippen LogP contribution in [0.25, 0.3) is 0 Å². The first kappa shape index (κ1) is 13.2. The fourth-order valence-electron chi connectivity index (χ4n) is 1.20. The van der Waals surface area contributed by atoms with Gasteiger partial charge in [0, 0.05) is 5.69 Å². The van der Waals surface area contributed by atoms with E-state index in [0.717, 1.165) is 16.8 Å². The molecule has 0 atom stereocenters. The van der Waals surface area contributed by atoms with Crippen molar-refractivity contribution in [1.29, 1.82) is 0 Å². The molecular formula is C10H10Br3NO. The van der Waals surface area contributed by atoms with E-state index >= 15 is 0 Å². The normalized spacial score (nSPS) is 11.3. The molecule has 0 aliphatic heterocycles. The molecule has 0 saturated carbocycles. The quantitative estimate of drug-likeness (QED) is 0.708. The number of para-hydroxylation sites is 1. The van der Waals surface area contributed by atoms with Crippen LogP contribution in [0.1, 0.15) is 11.1 Å². The van der Waals surface area contributed by atoms with Crippen LogP contribution >= 0.6 is 47.8 Å². The first-order chi connectivity index (χ1) is 6.82. The van der Waals surface area contributed by atoms with Crippen molar-refractivity contribution in [3.8, 4) is 0 Å². The largest absolute Gasteiger partial charge is 0.323 e. The number of hydrogen-bond acceptors (Lipinski definition) is 1. The molecule has 15 heavy (non-hydrogen) atoms. The van der Waals surface area contributed by atoms with Crippen LogP contribution in [0.15, 0.2) is 18.2 Å². The summed E-state index contributed by atoms with van der Waals surface area (Å²) >= 11 is 9.52. The Morgan fingerprint density at radius 1 is 1.20 bits per heavy atom. The number of anilines is 1. The maximum atomic E-state index is 11.7. The van der Waals surface area contributed by atoms with Crippen molar-refractivity contribution in [1.82, 2.24) is 0 Å².